The summed E-state index contributed by atoms with van der Waals surface area (Å²) in [6.45, 7) is 0.129. The zero-order valence-electron chi connectivity index (χ0n) is 6.30. The molecule has 1 saturated heterocycles. The van der Waals surface area contributed by atoms with Gasteiger partial charge >= 0.3 is 0 Å². The first-order valence-corrected chi connectivity index (χ1v) is 4.86. The van der Waals surface area contributed by atoms with E-state index < -0.39 is 28.5 Å². The molecule has 5 nitrogen and oxygen atoms in total. The third kappa shape index (κ3) is 1.88. The molecule has 5 atom stereocenters. The summed E-state index contributed by atoms with van der Waals surface area (Å²) in [5.41, 5.74) is 5.28. The molecule has 0 bridgehead atoms. The molecule has 0 aliphatic carbocycles. The van der Waals surface area contributed by atoms with Gasteiger partial charge in [-0.15, -0.1) is 0 Å². The van der Waals surface area contributed by atoms with Crippen LogP contribution >= 0.6 is 22.6 Å². The largest absolute Gasteiger partial charge is 0.388 e. The maximum atomic E-state index is 9.31. The molecular weight excluding hydrogens is 277 g/mol. The second kappa shape index (κ2) is 4.16. The number of nitrogens with two attached hydrogens (primary N) is 1. The summed E-state index contributed by atoms with van der Waals surface area (Å²) in [5, 5.41) is 27.8. The van der Waals surface area contributed by atoms with E-state index in [2.05, 4.69) is 0 Å². The van der Waals surface area contributed by atoms with Crippen LogP contribution in [0.25, 0.3) is 0 Å². The molecule has 6 heteroatoms. The Labute approximate surface area is 83.7 Å². The number of ether oxygens (including phenoxy) is 1. The zero-order chi connectivity index (χ0) is 9.30. The molecular formula is C6H12INO4. The number of aliphatic hydroxyl groups excluding tert-OH is 3. The number of halogens is 1. The van der Waals surface area contributed by atoms with Crippen LogP contribution in [0.2, 0.25) is 0 Å². The first-order valence-electron chi connectivity index (χ1n) is 3.61. The average molecular weight is 289 g/mol. The van der Waals surface area contributed by atoms with E-state index in [1.165, 1.54) is 0 Å². The molecule has 0 aromatic heterocycles. The summed E-state index contributed by atoms with van der Waals surface area (Å²) in [4.78, 5) is 0. The van der Waals surface area contributed by atoms with Crippen LogP contribution in [-0.4, -0.2) is 50.4 Å². The maximum absolute atomic E-state index is 9.31. The van der Waals surface area contributed by atoms with Gasteiger partial charge in [0, 0.05) is 6.54 Å². The smallest absolute Gasteiger partial charge is 0.137 e. The van der Waals surface area contributed by atoms with Crippen LogP contribution in [0.5, 0.6) is 0 Å². The average Bonchev–Trinajstić information content (AvgIpc) is 2.08. The molecule has 72 valence electrons. The SMILES string of the molecule is NCC1O[C@@H](I)C(O)C(O)[C@@H]1O. The summed E-state index contributed by atoms with van der Waals surface area (Å²) in [5.74, 6) is 0. The van der Waals surface area contributed by atoms with Crippen LogP contribution in [0, 0.1) is 0 Å². The first-order chi connectivity index (χ1) is 5.57. The summed E-state index contributed by atoms with van der Waals surface area (Å²) in [7, 11) is 0. The van der Waals surface area contributed by atoms with Gasteiger partial charge in [-0.1, -0.05) is 0 Å². The predicted molar refractivity (Wildman–Crippen MR) is 49.8 cm³/mol. The summed E-state index contributed by atoms with van der Waals surface area (Å²) >= 11 is 1.85. The van der Waals surface area contributed by atoms with E-state index in [9.17, 15) is 15.3 Å². The third-order valence-electron chi connectivity index (χ3n) is 1.89. The number of rotatable bonds is 1. The molecule has 0 aromatic carbocycles. The van der Waals surface area contributed by atoms with Crippen molar-refractivity contribution in [2.75, 3.05) is 6.54 Å². The Bertz CT molecular complexity index is 154. The monoisotopic (exact) mass is 289 g/mol. The second-order valence-corrected chi connectivity index (χ2v) is 3.96. The highest BCUT2D eigenvalue weighted by Gasteiger charge is 2.41. The van der Waals surface area contributed by atoms with Crippen LogP contribution in [0.4, 0.5) is 0 Å². The lowest BCUT2D eigenvalue weighted by Crippen LogP contribution is -2.57. The molecule has 1 heterocycles. The third-order valence-corrected chi connectivity index (χ3v) is 2.92. The predicted octanol–water partition coefficient (Wildman–Crippen LogP) is -1.81. The van der Waals surface area contributed by atoms with Gasteiger partial charge < -0.3 is 25.8 Å². The van der Waals surface area contributed by atoms with Crippen LogP contribution in [0.15, 0.2) is 0 Å². The topological polar surface area (TPSA) is 95.9 Å². The highest BCUT2D eigenvalue weighted by atomic mass is 127. The first kappa shape index (κ1) is 10.6. The minimum absolute atomic E-state index is 0.129. The minimum Gasteiger partial charge on any atom is -0.388 e. The van der Waals surface area contributed by atoms with Gasteiger partial charge in [-0.25, -0.2) is 0 Å². The molecule has 1 fully saturated rings. The van der Waals surface area contributed by atoms with Gasteiger partial charge in [-0.3, -0.25) is 0 Å². The fourth-order valence-corrected chi connectivity index (χ4v) is 1.90. The number of aliphatic hydroxyl groups is 3. The lowest BCUT2D eigenvalue weighted by Gasteiger charge is -2.37. The standard InChI is InChI=1S/C6H12INO4/c7-6-5(11)4(10)3(9)2(1-8)12-6/h2-6,9-11H,1,8H2/t2?,3-,4?,5?,6-/m1/s1. The second-order valence-electron chi connectivity index (χ2n) is 2.73. The van der Waals surface area contributed by atoms with Crippen molar-refractivity contribution in [2.24, 2.45) is 5.73 Å². The van der Waals surface area contributed by atoms with Crippen LogP contribution in [0.1, 0.15) is 0 Å². The van der Waals surface area contributed by atoms with Crippen LogP contribution < -0.4 is 5.73 Å². The van der Waals surface area contributed by atoms with E-state index in [1.807, 2.05) is 22.6 Å². The number of hydrogen-bond acceptors (Lipinski definition) is 5. The van der Waals surface area contributed by atoms with Crippen LogP contribution in [0.3, 0.4) is 0 Å². The Morgan fingerprint density at radius 1 is 1.17 bits per heavy atom. The Kier molecular flexibility index (Phi) is 3.68. The van der Waals surface area contributed by atoms with Crippen molar-refractivity contribution >= 4 is 22.6 Å². The van der Waals surface area contributed by atoms with E-state index in [-0.39, 0.29) is 6.54 Å². The van der Waals surface area contributed by atoms with Gasteiger partial charge in [0.15, 0.2) is 0 Å². The van der Waals surface area contributed by atoms with Crippen molar-refractivity contribution < 1.29 is 20.1 Å². The summed E-state index contributed by atoms with van der Waals surface area (Å²) < 4.78 is 4.61. The maximum Gasteiger partial charge on any atom is 0.137 e. The molecule has 0 radical (unpaired) electrons. The molecule has 5 N–H and O–H groups in total. The molecule has 1 aliphatic heterocycles. The number of alkyl halides is 1. The normalized spacial score (nSPS) is 49.2. The minimum atomic E-state index is -1.17. The van der Waals surface area contributed by atoms with Crippen molar-refractivity contribution in [3.63, 3.8) is 0 Å². The van der Waals surface area contributed by atoms with Crippen molar-refractivity contribution in [3.05, 3.63) is 0 Å². The fourth-order valence-electron chi connectivity index (χ4n) is 1.10. The molecule has 0 amide bonds. The summed E-state index contributed by atoms with van der Waals surface area (Å²) in [6.07, 6.45) is -3.92. The quantitative estimate of drug-likeness (QED) is 0.337. The van der Waals surface area contributed by atoms with E-state index in [0.29, 0.717) is 0 Å². The molecule has 0 saturated carbocycles. The van der Waals surface area contributed by atoms with Gasteiger partial charge in [-0.05, 0) is 22.6 Å². The Hall–Kier alpha value is 0.530. The molecule has 0 spiro atoms. The molecule has 1 aliphatic rings. The van der Waals surface area contributed by atoms with Gasteiger partial charge in [0.05, 0.1) is 6.10 Å². The molecule has 12 heavy (non-hydrogen) atoms. The number of hydrogen-bond donors (Lipinski definition) is 4. The molecule has 3 unspecified atom stereocenters. The van der Waals surface area contributed by atoms with Crippen molar-refractivity contribution in [3.8, 4) is 0 Å². The lowest BCUT2D eigenvalue weighted by molar-refractivity contribution is -0.189. The Balaban J connectivity index is 2.63. The van der Waals surface area contributed by atoms with Crippen molar-refractivity contribution in [1.82, 2.24) is 0 Å². The Morgan fingerprint density at radius 3 is 2.25 bits per heavy atom. The van der Waals surface area contributed by atoms with Crippen molar-refractivity contribution in [1.29, 1.82) is 0 Å². The van der Waals surface area contributed by atoms with Gasteiger partial charge in [-0.2, -0.15) is 0 Å². The van der Waals surface area contributed by atoms with Gasteiger partial charge in [0.1, 0.15) is 22.4 Å². The Morgan fingerprint density at radius 2 is 1.75 bits per heavy atom. The lowest BCUT2D eigenvalue weighted by atomic mass is 10.0. The highest BCUT2D eigenvalue weighted by molar-refractivity contribution is 14.1. The fraction of sp³-hybridized carbons (Fsp3) is 1.00. The van der Waals surface area contributed by atoms with E-state index in [0.717, 1.165) is 0 Å². The van der Waals surface area contributed by atoms with Crippen molar-refractivity contribution in [2.45, 2.75) is 28.5 Å². The van der Waals surface area contributed by atoms with E-state index in [4.69, 9.17) is 10.5 Å². The van der Waals surface area contributed by atoms with Crippen LogP contribution in [-0.2, 0) is 4.74 Å². The summed E-state index contributed by atoms with van der Waals surface area (Å²) in [6, 6.07) is 0. The van der Waals surface area contributed by atoms with E-state index >= 15 is 0 Å². The zero-order valence-corrected chi connectivity index (χ0v) is 8.46. The van der Waals surface area contributed by atoms with Gasteiger partial charge in [0.25, 0.3) is 0 Å². The van der Waals surface area contributed by atoms with E-state index in [1.54, 1.807) is 0 Å². The highest BCUT2D eigenvalue weighted by Crippen LogP contribution is 2.24. The molecule has 0 aromatic rings. The van der Waals surface area contributed by atoms with Gasteiger partial charge in [0.2, 0.25) is 0 Å². The molecule has 1 rings (SSSR count).